The predicted molar refractivity (Wildman–Crippen MR) is 118 cm³/mol. The molecule has 0 radical (unpaired) electrons. The molecular formula is C24H46O5. The third-order valence-corrected chi connectivity index (χ3v) is 5.08. The highest BCUT2D eigenvalue weighted by Gasteiger charge is 1.95. The second kappa shape index (κ2) is 27.0. The predicted octanol–water partition coefficient (Wildman–Crippen LogP) is 8.82. The average molecular weight is 415 g/mol. The number of hydrogen-bond acceptors (Lipinski definition) is 5. The Balaban J connectivity index is 3.04. The Kier molecular flexibility index (Phi) is 26.0. The second-order valence-corrected chi connectivity index (χ2v) is 7.73. The lowest BCUT2D eigenvalue weighted by Gasteiger charge is -2.03. The topological polar surface area (TPSA) is 46.2 Å². The van der Waals surface area contributed by atoms with Crippen molar-refractivity contribution in [1.29, 1.82) is 0 Å². The van der Waals surface area contributed by atoms with Gasteiger partial charge >= 0.3 is 0 Å². The lowest BCUT2D eigenvalue weighted by atomic mass is 10.0. The lowest BCUT2D eigenvalue weighted by molar-refractivity contribution is -0.692. The zero-order chi connectivity index (χ0) is 21.1. The van der Waals surface area contributed by atoms with Crippen molar-refractivity contribution in [2.24, 2.45) is 0 Å². The maximum atomic E-state index is 4.58. The van der Waals surface area contributed by atoms with E-state index in [2.05, 4.69) is 38.4 Å². The molecule has 0 spiro atoms. The van der Waals surface area contributed by atoms with Crippen molar-refractivity contribution in [1.82, 2.24) is 0 Å². The first-order valence-electron chi connectivity index (χ1n) is 12.0. The van der Waals surface area contributed by atoms with Crippen molar-refractivity contribution in [2.45, 2.75) is 129 Å². The van der Waals surface area contributed by atoms with E-state index in [0.717, 1.165) is 19.1 Å². The van der Waals surface area contributed by atoms with Crippen LogP contribution in [0.5, 0.6) is 0 Å². The van der Waals surface area contributed by atoms with E-state index < -0.39 is 0 Å². The summed E-state index contributed by atoms with van der Waals surface area (Å²) in [5.74, 6) is 0. The molecule has 0 aromatic carbocycles. The van der Waals surface area contributed by atoms with Gasteiger partial charge < -0.3 is 9.78 Å². The van der Waals surface area contributed by atoms with E-state index in [1.54, 1.807) is 0 Å². The zero-order valence-corrected chi connectivity index (χ0v) is 18.9. The summed E-state index contributed by atoms with van der Waals surface area (Å²) < 4.78 is 0. The second-order valence-electron chi connectivity index (χ2n) is 7.73. The Labute approximate surface area is 179 Å². The molecule has 0 N–H and O–H groups in total. The zero-order valence-electron chi connectivity index (χ0n) is 18.9. The van der Waals surface area contributed by atoms with Gasteiger partial charge in [0.05, 0.1) is 0 Å². The summed E-state index contributed by atoms with van der Waals surface area (Å²) in [5.41, 5.74) is 0. The van der Waals surface area contributed by atoms with Gasteiger partial charge in [0.1, 0.15) is 12.5 Å². The number of allylic oxidation sites excluding steroid dienone is 1. The number of rotatable bonds is 25. The number of unbranched alkanes of at least 4 members (excludes halogenated alkanes) is 18. The molecule has 0 bridgehead atoms. The van der Waals surface area contributed by atoms with Crippen molar-refractivity contribution in [2.75, 3.05) is 0 Å². The van der Waals surface area contributed by atoms with Gasteiger partial charge in [0.15, 0.2) is 0 Å². The van der Waals surface area contributed by atoms with Crippen LogP contribution in [0, 0.1) is 0 Å². The summed E-state index contributed by atoms with van der Waals surface area (Å²) >= 11 is 0. The van der Waals surface area contributed by atoms with Crippen LogP contribution in [-0.4, -0.2) is 0 Å². The SMILES string of the molecule is C=COOOOOC=CCCCCCCCCCCCCCCCCCCCC. The smallest absolute Gasteiger partial charge is 0.129 e. The monoisotopic (exact) mass is 414 g/mol. The molecule has 5 heteroatoms. The Morgan fingerprint density at radius 1 is 0.517 bits per heavy atom. The van der Waals surface area contributed by atoms with Crippen LogP contribution in [0.15, 0.2) is 25.2 Å². The van der Waals surface area contributed by atoms with Gasteiger partial charge in [-0.2, -0.15) is 0 Å². The van der Waals surface area contributed by atoms with Crippen molar-refractivity contribution >= 4 is 0 Å². The summed E-state index contributed by atoms with van der Waals surface area (Å²) in [5, 5.41) is 12.3. The molecule has 5 nitrogen and oxygen atoms in total. The standard InChI is InChI=1S/C24H46O5/c1-3-5-6-7-8-9-10-11-12-13-14-15-16-17-18-19-20-21-22-23-24-26-28-29-27-25-4-2/h4,23-24H,2-3,5-22H2,1H3. The molecule has 0 aliphatic carbocycles. The van der Waals surface area contributed by atoms with Crippen LogP contribution in [-0.2, 0) is 24.9 Å². The van der Waals surface area contributed by atoms with E-state index in [0.29, 0.717) is 0 Å². The molecule has 0 rings (SSSR count). The maximum absolute atomic E-state index is 4.58. The fourth-order valence-corrected chi connectivity index (χ4v) is 3.37. The van der Waals surface area contributed by atoms with E-state index in [-0.39, 0.29) is 0 Å². The highest BCUT2D eigenvalue weighted by molar-refractivity contribution is 4.71. The summed E-state index contributed by atoms with van der Waals surface area (Å²) in [4.78, 5) is 8.77. The van der Waals surface area contributed by atoms with E-state index in [4.69, 9.17) is 0 Å². The molecule has 0 atom stereocenters. The van der Waals surface area contributed by atoms with Crippen LogP contribution in [0.4, 0.5) is 0 Å². The van der Waals surface area contributed by atoms with Crippen LogP contribution in [0.2, 0.25) is 0 Å². The molecular weight excluding hydrogens is 368 g/mol. The molecule has 0 fully saturated rings. The van der Waals surface area contributed by atoms with E-state index in [1.807, 2.05) is 6.08 Å². The minimum Gasteiger partial charge on any atom is -0.315 e. The van der Waals surface area contributed by atoms with Gasteiger partial charge in [-0.05, 0) is 18.9 Å². The Morgan fingerprint density at radius 2 is 0.931 bits per heavy atom. The van der Waals surface area contributed by atoms with Gasteiger partial charge in [0, 0.05) is 15.1 Å². The first-order chi connectivity index (χ1) is 14.4. The van der Waals surface area contributed by atoms with Gasteiger partial charge in [-0.1, -0.05) is 123 Å². The number of hydrogen-bond donors (Lipinski definition) is 0. The molecule has 0 amide bonds. The van der Waals surface area contributed by atoms with Gasteiger partial charge in [-0.15, -0.1) is 0 Å². The minimum atomic E-state index is 0.964. The average Bonchev–Trinajstić information content (AvgIpc) is 2.74. The fraction of sp³-hybridized carbons (Fsp3) is 0.833. The van der Waals surface area contributed by atoms with E-state index in [9.17, 15) is 0 Å². The van der Waals surface area contributed by atoms with Gasteiger partial charge in [0.25, 0.3) is 0 Å². The molecule has 0 heterocycles. The highest BCUT2D eigenvalue weighted by atomic mass is 17.8. The summed E-state index contributed by atoms with van der Waals surface area (Å²) in [6.45, 7) is 5.54. The summed E-state index contributed by atoms with van der Waals surface area (Å²) in [7, 11) is 0. The third-order valence-electron chi connectivity index (χ3n) is 5.08. The third kappa shape index (κ3) is 27.0. The van der Waals surface area contributed by atoms with Crippen LogP contribution in [0.25, 0.3) is 0 Å². The van der Waals surface area contributed by atoms with Gasteiger partial charge in [0.2, 0.25) is 0 Å². The van der Waals surface area contributed by atoms with Gasteiger partial charge in [-0.25, -0.2) is 0 Å². The van der Waals surface area contributed by atoms with Crippen molar-refractivity contribution in [3.63, 3.8) is 0 Å². The van der Waals surface area contributed by atoms with Crippen LogP contribution in [0.3, 0.4) is 0 Å². The van der Waals surface area contributed by atoms with Crippen LogP contribution >= 0.6 is 0 Å². The van der Waals surface area contributed by atoms with Crippen molar-refractivity contribution in [3.05, 3.63) is 25.2 Å². The molecule has 0 aromatic heterocycles. The molecule has 0 aromatic rings. The lowest BCUT2D eigenvalue weighted by Crippen LogP contribution is -1.92. The molecule has 0 saturated carbocycles. The fourth-order valence-electron chi connectivity index (χ4n) is 3.37. The summed E-state index contributed by atoms with van der Waals surface area (Å²) in [6, 6.07) is 0. The Morgan fingerprint density at radius 3 is 1.38 bits per heavy atom. The molecule has 172 valence electrons. The normalized spacial score (nSPS) is 11.2. The molecule has 0 aliphatic rings. The quantitative estimate of drug-likeness (QED) is 0.0646. The van der Waals surface area contributed by atoms with Crippen molar-refractivity contribution in [3.8, 4) is 0 Å². The van der Waals surface area contributed by atoms with Gasteiger partial charge in [-0.3, -0.25) is 0 Å². The van der Waals surface area contributed by atoms with Crippen LogP contribution in [0.1, 0.15) is 129 Å². The molecule has 0 aliphatic heterocycles. The summed E-state index contributed by atoms with van der Waals surface area (Å²) in [6.07, 6.45) is 30.4. The van der Waals surface area contributed by atoms with E-state index >= 15 is 0 Å². The van der Waals surface area contributed by atoms with Crippen molar-refractivity contribution < 1.29 is 24.9 Å². The molecule has 0 unspecified atom stereocenters. The Hall–Kier alpha value is -1.04. The maximum Gasteiger partial charge on any atom is 0.129 e. The first-order valence-corrected chi connectivity index (χ1v) is 12.0. The molecule has 29 heavy (non-hydrogen) atoms. The largest absolute Gasteiger partial charge is 0.315 e. The first kappa shape index (κ1) is 28.0. The van der Waals surface area contributed by atoms with E-state index in [1.165, 1.54) is 115 Å². The minimum absolute atomic E-state index is 0.964. The van der Waals surface area contributed by atoms with Crippen LogP contribution < -0.4 is 0 Å². The Bertz CT molecular complexity index is 333. The molecule has 0 saturated heterocycles. The highest BCUT2D eigenvalue weighted by Crippen LogP contribution is 2.14.